The third kappa shape index (κ3) is 7.37. The zero-order valence-corrected chi connectivity index (χ0v) is 13.9. The van der Waals surface area contributed by atoms with Crippen LogP contribution in [0.25, 0.3) is 0 Å². The van der Waals surface area contributed by atoms with Gasteiger partial charge in [-0.15, -0.1) is 0 Å². The molecule has 1 atom stereocenters. The summed E-state index contributed by atoms with van der Waals surface area (Å²) in [6.07, 6.45) is 1.78. The maximum Gasteiger partial charge on any atom is 0.155 e. The topological polar surface area (TPSA) is 46.2 Å². The van der Waals surface area contributed by atoms with Gasteiger partial charge in [-0.3, -0.25) is 0 Å². The van der Waals surface area contributed by atoms with Gasteiger partial charge in [-0.2, -0.15) is 0 Å². The van der Waals surface area contributed by atoms with E-state index in [1.165, 1.54) is 0 Å². The van der Waals surface area contributed by atoms with E-state index in [2.05, 4.69) is 33.0 Å². The Morgan fingerprint density at radius 3 is 1.89 bits per heavy atom. The Labute approximate surface area is 114 Å². The van der Waals surface area contributed by atoms with Gasteiger partial charge < -0.3 is 5.32 Å². The Morgan fingerprint density at radius 1 is 1.00 bits per heavy atom. The second-order valence-electron chi connectivity index (χ2n) is 7.29. The summed E-state index contributed by atoms with van der Waals surface area (Å²) >= 11 is 0. The Morgan fingerprint density at radius 2 is 1.50 bits per heavy atom. The van der Waals surface area contributed by atoms with Gasteiger partial charge in [0, 0.05) is 5.54 Å². The molecule has 3 nitrogen and oxygen atoms in total. The van der Waals surface area contributed by atoms with Crippen molar-refractivity contribution >= 4 is 9.84 Å². The highest BCUT2D eigenvalue weighted by atomic mass is 32.2. The van der Waals surface area contributed by atoms with Gasteiger partial charge in [-0.25, -0.2) is 8.42 Å². The molecule has 110 valence electrons. The van der Waals surface area contributed by atoms with Crippen LogP contribution < -0.4 is 5.32 Å². The minimum absolute atomic E-state index is 0.136. The van der Waals surface area contributed by atoms with Crippen molar-refractivity contribution in [3.63, 3.8) is 0 Å². The van der Waals surface area contributed by atoms with Crippen molar-refractivity contribution in [3.8, 4) is 0 Å². The molecule has 0 rings (SSSR count). The summed E-state index contributed by atoms with van der Waals surface area (Å²) in [4.78, 5) is 0. The lowest BCUT2D eigenvalue weighted by atomic mass is 10.0. The monoisotopic (exact) mass is 277 g/mol. The van der Waals surface area contributed by atoms with Crippen LogP contribution in [0.15, 0.2) is 0 Å². The predicted molar refractivity (Wildman–Crippen MR) is 79.7 cm³/mol. The van der Waals surface area contributed by atoms with Crippen LogP contribution in [-0.4, -0.2) is 31.0 Å². The van der Waals surface area contributed by atoms with Gasteiger partial charge in [-0.1, -0.05) is 6.92 Å². The van der Waals surface area contributed by atoms with E-state index in [1.807, 2.05) is 0 Å². The van der Waals surface area contributed by atoms with Crippen molar-refractivity contribution in [2.24, 2.45) is 5.92 Å². The van der Waals surface area contributed by atoms with Crippen LogP contribution in [0.2, 0.25) is 0 Å². The Balaban J connectivity index is 4.02. The molecule has 0 aliphatic heterocycles. The van der Waals surface area contributed by atoms with Gasteiger partial charge >= 0.3 is 0 Å². The van der Waals surface area contributed by atoms with Crippen molar-refractivity contribution in [1.82, 2.24) is 5.32 Å². The van der Waals surface area contributed by atoms with Crippen LogP contribution in [-0.2, 0) is 9.84 Å². The van der Waals surface area contributed by atoms with Gasteiger partial charge in [0.05, 0.1) is 10.5 Å². The third-order valence-corrected chi connectivity index (χ3v) is 5.74. The lowest BCUT2D eigenvalue weighted by molar-refractivity contribution is 0.390. The fourth-order valence-corrected chi connectivity index (χ4v) is 2.83. The van der Waals surface area contributed by atoms with E-state index in [-0.39, 0.29) is 5.54 Å². The van der Waals surface area contributed by atoms with E-state index >= 15 is 0 Å². The maximum absolute atomic E-state index is 12.0. The summed E-state index contributed by atoms with van der Waals surface area (Å²) in [6, 6.07) is 0. The first kappa shape index (κ1) is 17.9. The van der Waals surface area contributed by atoms with Crippen LogP contribution in [0.3, 0.4) is 0 Å². The molecule has 18 heavy (non-hydrogen) atoms. The summed E-state index contributed by atoms with van der Waals surface area (Å²) in [5.41, 5.74) is 0.136. The average Bonchev–Trinajstić information content (AvgIpc) is 2.11. The standard InChI is InChI=1S/C14H31NO2S/c1-12(8-10-15-13(2,3)4)9-11-18(16,17)14(5,6)7/h12,15H,8-11H2,1-7H3. The fourth-order valence-electron chi connectivity index (χ4n) is 1.50. The molecule has 0 aromatic carbocycles. The van der Waals surface area contributed by atoms with Gasteiger partial charge in [0.15, 0.2) is 9.84 Å². The van der Waals surface area contributed by atoms with Crippen LogP contribution in [0.5, 0.6) is 0 Å². The number of hydrogen-bond donors (Lipinski definition) is 1. The smallest absolute Gasteiger partial charge is 0.155 e. The zero-order valence-electron chi connectivity index (χ0n) is 13.1. The molecule has 0 bridgehead atoms. The molecular formula is C14H31NO2S. The highest BCUT2D eigenvalue weighted by Crippen LogP contribution is 2.19. The summed E-state index contributed by atoms with van der Waals surface area (Å²) in [7, 11) is -2.97. The first-order valence-electron chi connectivity index (χ1n) is 6.82. The van der Waals surface area contributed by atoms with Crippen LogP contribution in [0, 0.1) is 5.92 Å². The molecule has 0 aliphatic carbocycles. The minimum atomic E-state index is -2.97. The Kier molecular flexibility index (Phi) is 6.34. The van der Waals surface area contributed by atoms with Crippen molar-refractivity contribution in [2.45, 2.75) is 71.6 Å². The molecule has 0 amide bonds. The molecular weight excluding hydrogens is 246 g/mol. The van der Waals surface area contributed by atoms with Crippen LogP contribution >= 0.6 is 0 Å². The summed E-state index contributed by atoms with van der Waals surface area (Å²) in [5.74, 6) is 0.740. The number of hydrogen-bond acceptors (Lipinski definition) is 3. The quantitative estimate of drug-likeness (QED) is 0.812. The number of nitrogens with one attached hydrogen (secondary N) is 1. The summed E-state index contributed by atoms with van der Waals surface area (Å²) in [6.45, 7) is 14.8. The normalized spacial score (nSPS) is 15.7. The first-order chi connectivity index (χ1) is 7.85. The number of sulfone groups is 1. The third-order valence-electron chi connectivity index (χ3n) is 3.10. The second kappa shape index (κ2) is 6.38. The van der Waals surface area contributed by atoms with Crippen molar-refractivity contribution in [1.29, 1.82) is 0 Å². The molecule has 0 aromatic heterocycles. The second-order valence-corrected chi connectivity index (χ2v) is 10.2. The average molecular weight is 277 g/mol. The highest BCUT2D eigenvalue weighted by Gasteiger charge is 2.28. The van der Waals surface area contributed by atoms with Gasteiger partial charge in [0.25, 0.3) is 0 Å². The van der Waals surface area contributed by atoms with E-state index < -0.39 is 14.6 Å². The highest BCUT2D eigenvalue weighted by molar-refractivity contribution is 7.92. The Bertz CT molecular complexity index is 334. The lowest BCUT2D eigenvalue weighted by Gasteiger charge is -2.23. The van der Waals surface area contributed by atoms with E-state index in [1.54, 1.807) is 20.8 Å². The molecule has 1 N–H and O–H groups in total. The van der Waals surface area contributed by atoms with Crippen LogP contribution in [0.1, 0.15) is 61.3 Å². The molecule has 0 aliphatic rings. The van der Waals surface area contributed by atoms with Crippen molar-refractivity contribution in [3.05, 3.63) is 0 Å². The van der Waals surface area contributed by atoms with Gasteiger partial charge in [0.2, 0.25) is 0 Å². The molecule has 0 heterocycles. The molecule has 0 saturated heterocycles. The lowest BCUT2D eigenvalue weighted by Crippen LogP contribution is -2.37. The van der Waals surface area contributed by atoms with E-state index in [0.717, 1.165) is 19.4 Å². The molecule has 1 unspecified atom stereocenters. The van der Waals surface area contributed by atoms with E-state index in [0.29, 0.717) is 11.7 Å². The number of rotatable bonds is 6. The molecule has 0 saturated carbocycles. The predicted octanol–water partition coefficient (Wildman–Crippen LogP) is 3.00. The fraction of sp³-hybridized carbons (Fsp3) is 1.00. The minimum Gasteiger partial charge on any atom is -0.312 e. The summed E-state index contributed by atoms with van der Waals surface area (Å²) < 4.78 is 23.3. The zero-order chi connectivity index (χ0) is 14.6. The van der Waals surface area contributed by atoms with Crippen molar-refractivity contribution in [2.75, 3.05) is 12.3 Å². The molecule has 0 radical (unpaired) electrons. The molecule has 0 aromatic rings. The van der Waals surface area contributed by atoms with Crippen molar-refractivity contribution < 1.29 is 8.42 Å². The van der Waals surface area contributed by atoms with E-state index in [9.17, 15) is 8.42 Å². The molecule has 0 spiro atoms. The SMILES string of the molecule is CC(CCNC(C)(C)C)CCS(=O)(=O)C(C)(C)C. The summed E-state index contributed by atoms with van der Waals surface area (Å²) in [5, 5.41) is 3.43. The maximum atomic E-state index is 12.0. The van der Waals surface area contributed by atoms with Gasteiger partial charge in [-0.05, 0) is 66.8 Å². The van der Waals surface area contributed by atoms with Crippen LogP contribution in [0.4, 0.5) is 0 Å². The Hall–Kier alpha value is -0.0900. The molecule has 0 fully saturated rings. The molecule has 4 heteroatoms. The van der Waals surface area contributed by atoms with Gasteiger partial charge in [0.1, 0.15) is 0 Å². The van der Waals surface area contributed by atoms with E-state index in [4.69, 9.17) is 0 Å². The largest absolute Gasteiger partial charge is 0.312 e. The first-order valence-corrected chi connectivity index (χ1v) is 8.48.